The van der Waals surface area contributed by atoms with E-state index in [1.165, 1.54) is 12.8 Å². The van der Waals surface area contributed by atoms with Crippen molar-refractivity contribution in [1.29, 1.82) is 0 Å². The predicted octanol–water partition coefficient (Wildman–Crippen LogP) is 3.22. The predicted molar refractivity (Wildman–Crippen MR) is 111 cm³/mol. The highest BCUT2D eigenvalue weighted by molar-refractivity contribution is 5.93. The van der Waals surface area contributed by atoms with Crippen LogP contribution in [0.1, 0.15) is 63.4 Å². The standard InChI is InChI=1S/C23H31N3O3/c27-21-13-18(15-26(21)20-10-3-4-11-20)22(28)24-14-16-6-5-9-19(12-16)25-23(29)17-7-1-2-8-17/h5-6,9,12,17-18,20H,1-4,7-8,10-11,13-15H2,(H,24,28)(H,25,29)/t18-/m1/s1. The molecule has 6 nitrogen and oxygen atoms in total. The number of nitrogens with one attached hydrogen (secondary N) is 2. The van der Waals surface area contributed by atoms with Crippen molar-refractivity contribution in [1.82, 2.24) is 10.2 Å². The number of amides is 3. The summed E-state index contributed by atoms with van der Waals surface area (Å²) < 4.78 is 0. The fourth-order valence-electron chi connectivity index (χ4n) is 5.00. The van der Waals surface area contributed by atoms with E-state index in [0.29, 0.717) is 25.6 Å². The molecule has 0 bridgehead atoms. The van der Waals surface area contributed by atoms with Crippen LogP contribution in [0.3, 0.4) is 0 Å². The van der Waals surface area contributed by atoms with E-state index in [9.17, 15) is 14.4 Å². The van der Waals surface area contributed by atoms with Crippen molar-refractivity contribution < 1.29 is 14.4 Å². The molecule has 2 aliphatic carbocycles. The molecule has 0 spiro atoms. The molecule has 2 saturated carbocycles. The van der Waals surface area contributed by atoms with Gasteiger partial charge in [0, 0.05) is 37.2 Å². The topological polar surface area (TPSA) is 78.5 Å². The number of rotatable bonds is 6. The molecule has 1 aromatic rings. The fraction of sp³-hybridized carbons (Fsp3) is 0.609. The Morgan fingerprint density at radius 3 is 2.45 bits per heavy atom. The van der Waals surface area contributed by atoms with Crippen LogP contribution in [0.5, 0.6) is 0 Å². The lowest BCUT2D eigenvalue weighted by molar-refractivity contribution is -0.130. The van der Waals surface area contributed by atoms with Gasteiger partial charge in [0.25, 0.3) is 0 Å². The van der Waals surface area contributed by atoms with Crippen LogP contribution >= 0.6 is 0 Å². The van der Waals surface area contributed by atoms with Crippen molar-refractivity contribution in [2.24, 2.45) is 11.8 Å². The van der Waals surface area contributed by atoms with Crippen LogP contribution in [-0.2, 0) is 20.9 Å². The zero-order valence-electron chi connectivity index (χ0n) is 17.0. The fourth-order valence-corrected chi connectivity index (χ4v) is 5.00. The molecule has 156 valence electrons. The summed E-state index contributed by atoms with van der Waals surface area (Å²) in [6.45, 7) is 0.951. The minimum absolute atomic E-state index is 0.0563. The van der Waals surface area contributed by atoms with Gasteiger partial charge in [-0.15, -0.1) is 0 Å². The Labute approximate surface area is 172 Å². The van der Waals surface area contributed by atoms with Crippen molar-refractivity contribution in [3.8, 4) is 0 Å². The van der Waals surface area contributed by atoms with Crippen LogP contribution in [0.15, 0.2) is 24.3 Å². The van der Waals surface area contributed by atoms with Crippen LogP contribution in [-0.4, -0.2) is 35.2 Å². The molecule has 29 heavy (non-hydrogen) atoms. The maximum absolute atomic E-state index is 12.6. The maximum atomic E-state index is 12.6. The summed E-state index contributed by atoms with van der Waals surface area (Å²) in [5.74, 6) is 0.0301. The normalized spacial score (nSPS) is 23.0. The molecule has 3 fully saturated rings. The lowest BCUT2D eigenvalue weighted by Crippen LogP contribution is -2.36. The van der Waals surface area contributed by atoms with Gasteiger partial charge in [-0.3, -0.25) is 14.4 Å². The summed E-state index contributed by atoms with van der Waals surface area (Å²) in [6.07, 6.45) is 9.02. The summed E-state index contributed by atoms with van der Waals surface area (Å²) in [6, 6.07) is 7.97. The third kappa shape index (κ3) is 4.80. The number of hydrogen-bond acceptors (Lipinski definition) is 3. The van der Waals surface area contributed by atoms with Gasteiger partial charge >= 0.3 is 0 Å². The van der Waals surface area contributed by atoms with E-state index in [0.717, 1.165) is 49.8 Å². The van der Waals surface area contributed by atoms with Crippen molar-refractivity contribution in [2.45, 2.75) is 70.4 Å². The van der Waals surface area contributed by atoms with E-state index in [2.05, 4.69) is 10.6 Å². The molecule has 1 aliphatic heterocycles. The van der Waals surface area contributed by atoms with Crippen LogP contribution < -0.4 is 10.6 Å². The van der Waals surface area contributed by atoms with Gasteiger partial charge in [0.1, 0.15) is 0 Å². The highest BCUT2D eigenvalue weighted by Gasteiger charge is 2.38. The third-order valence-electron chi connectivity index (χ3n) is 6.68. The number of carbonyl (C=O) groups is 3. The number of likely N-dealkylation sites (tertiary alicyclic amines) is 1. The number of hydrogen-bond donors (Lipinski definition) is 2. The van der Waals surface area contributed by atoms with Crippen molar-refractivity contribution in [3.63, 3.8) is 0 Å². The molecule has 0 aromatic heterocycles. The molecule has 1 atom stereocenters. The smallest absolute Gasteiger partial charge is 0.227 e. The second kappa shape index (κ2) is 8.97. The minimum atomic E-state index is -0.256. The highest BCUT2D eigenvalue weighted by Crippen LogP contribution is 2.29. The monoisotopic (exact) mass is 397 g/mol. The summed E-state index contributed by atoms with van der Waals surface area (Å²) in [5.41, 5.74) is 1.72. The van der Waals surface area contributed by atoms with Crippen LogP contribution in [0.4, 0.5) is 5.69 Å². The lowest BCUT2D eigenvalue weighted by Gasteiger charge is -2.23. The Morgan fingerprint density at radius 2 is 1.69 bits per heavy atom. The second-order valence-electron chi connectivity index (χ2n) is 8.77. The van der Waals surface area contributed by atoms with Gasteiger partial charge < -0.3 is 15.5 Å². The molecule has 1 aromatic carbocycles. The van der Waals surface area contributed by atoms with E-state index in [4.69, 9.17) is 0 Å². The SMILES string of the molecule is O=C(Nc1cccc(CNC(=O)[C@@H]2CC(=O)N(C3CCCC3)C2)c1)C1CCCC1. The van der Waals surface area contributed by atoms with Crippen molar-refractivity contribution >= 4 is 23.4 Å². The van der Waals surface area contributed by atoms with Crippen LogP contribution in [0, 0.1) is 11.8 Å². The summed E-state index contributed by atoms with van der Waals surface area (Å²) >= 11 is 0. The average molecular weight is 398 g/mol. The van der Waals surface area contributed by atoms with Gasteiger partial charge in [-0.2, -0.15) is 0 Å². The number of benzene rings is 1. The van der Waals surface area contributed by atoms with Gasteiger partial charge in [-0.1, -0.05) is 37.8 Å². The van der Waals surface area contributed by atoms with E-state index in [-0.39, 0.29) is 29.6 Å². The van der Waals surface area contributed by atoms with E-state index in [1.807, 2.05) is 29.2 Å². The zero-order chi connectivity index (χ0) is 20.2. The Bertz CT molecular complexity index is 766. The van der Waals surface area contributed by atoms with Crippen LogP contribution in [0.2, 0.25) is 0 Å². The van der Waals surface area contributed by atoms with E-state index < -0.39 is 0 Å². The number of nitrogens with zero attached hydrogens (tertiary/aromatic N) is 1. The Hall–Kier alpha value is -2.37. The summed E-state index contributed by atoms with van der Waals surface area (Å²) in [7, 11) is 0. The van der Waals surface area contributed by atoms with Crippen molar-refractivity contribution in [3.05, 3.63) is 29.8 Å². The Morgan fingerprint density at radius 1 is 0.966 bits per heavy atom. The summed E-state index contributed by atoms with van der Waals surface area (Å²) in [4.78, 5) is 39.2. The quantitative estimate of drug-likeness (QED) is 0.774. The van der Waals surface area contributed by atoms with Crippen LogP contribution in [0.25, 0.3) is 0 Å². The minimum Gasteiger partial charge on any atom is -0.352 e. The molecule has 3 aliphatic rings. The lowest BCUT2D eigenvalue weighted by atomic mass is 10.1. The van der Waals surface area contributed by atoms with Gasteiger partial charge in [0.05, 0.1) is 5.92 Å². The molecule has 3 amide bonds. The first-order valence-electron chi connectivity index (χ1n) is 11.1. The average Bonchev–Trinajstić information content (AvgIpc) is 3.47. The Balaban J connectivity index is 1.28. The Kier molecular flexibility index (Phi) is 6.16. The summed E-state index contributed by atoms with van der Waals surface area (Å²) in [5, 5.41) is 5.98. The zero-order valence-corrected chi connectivity index (χ0v) is 17.0. The van der Waals surface area contributed by atoms with Gasteiger partial charge in [-0.25, -0.2) is 0 Å². The van der Waals surface area contributed by atoms with Gasteiger partial charge in [0.15, 0.2) is 0 Å². The maximum Gasteiger partial charge on any atom is 0.227 e. The first-order valence-corrected chi connectivity index (χ1v) is 11.1. The van der Waals surface area contributed by atoms with Crippen molar-refractivity contribution in [2.75, 3.05) is 11.9 Å². The van der Waals surface area contributed by atoms with E-state index >= 15 is 0 Å². The largest absolute Gasteiger partial charge is 0.352 e. The molecule has 1 saturated heterocycles. The molecule has 6 heteroatoms. The number of carbonyl (C=O) groups excluding carboxylic acids is 3. The molecule has 2 N–H and O–H groups in total. The number of anilines is 1. The molecule has 0 radical (unpaired) electrons. The van der Waals surface area contributed by atoms with Gasteiger partial charge in [-0.05, 0) is 43.4 Å². The van der Waals surface area contributed by atoms with Gasteiger partial charge in [0.2, 0.25) is 17.7 Å². The highest BCUT2D eigenvalue weighted by atomic mass is 16.2. The van der Waals surface area contributed by atoms with E-state index in [1.54, 1.807) is 0 Å². The molecule has 4 rings (SSSR count). The molecular weight excluding hydrogens is 366 g/mol. The second-order valence-corrected chi connectivity index (χ2v) is 8.77. The third-order valence-corrected chi connectivity index (χ3v) is 6.68. The first kappa shape index (κ1) is 19.9. The molecule has 0 unspecified atom stereocenters. The molecule has 1 heterocycles. The first-order chi connectivity index (χ1) is 14.1. The molecular formula is C23H31N3O3.